The number of hydrogen-bond donors (Lipinski definition) is 0. The lowest BCUT2D eigenvalue weighted by atomic mass is 10.1. The Balaban J connectivity index is 1.48. The number of anilines is 1. The van der Waals surface area contributed by atoms with Crippen LogP contribution < -0.4 is 4.90 Å². The highest BCUT2D eigenvalue weighted by Crippen LogP contribution is 2.23. The maximum absolute atomic E-state index is 13.5. The van der Waals surface area contributed by atoms with Crippen molar-refractivity contribution in [3.63, 3.8) is 0 Å². The number of aromatic nitrogens is 4. The molecule has 144 valence electrons. The summed E-state index contributed by atoms with van der Waals surface area (Å²) >= 11 is 5.92. The van der Waals surface area contributed by atoms with E-state index >= 15 is 0 Å². The highest BCUT2D eigenvalue weighted by molar-refractivity contribution is 6.33. The SMILES string of the molecule is O=C(c1cc(F)c(F)cc1Cl)N1CCN(c2nnnn2-c2ccccc2)CC1. The highest BCUT2D eigenvalue weighted by Gasteiger charge is 2.27. The fraction of sp³-hybridized carbons (Fsp3) is 0.222. The van der Waals surface area contributed by atoms with E-state index in [4.69, 9.17) is 11.6 Å². The molecule has 0 spiro atoms. The normalized spacial score (nSPS) is 14.4. The van der Waals surface area contributed by atoms with Crippen LogP contribution in [-0.2, 0) is 0 Å². The molecule has 2 aromatic carbocycles. The van der Waals surface area contributed by atoms with Crippen LogP contribution in [0.2, 0.25) is 5.02 Å². The first-order chi connectivity index (χ1) is 13.5. The predicted octanol–water partition coefficient (Wildman–Crippen LogP) is 2.56. The minimum absolute atomic E-state index is 0.0527. The second kappa shape index (κ2) is 7.51. The highest BCUT2D eigenvalue weighted by atomic mass is 35.5. The van der Waals surface area contributed by atoms with Crippen molar-refractivity contribution >= 4 is 23.5 Å². The number of tetrazole rings is 1. The van der Waals surface area contributed by atoms with Crippen molar-refractivity contribution in [2.24, 2.45) is 0 Å². The van der Waals surface area contributed by atoms with Crippen LogP contribution in [0.1, 0.15) is 10.4 Å². The number of rotatable bonds is 3. The van der Waals surface area contributed by atoms with Crippen LogP contribution in [0.3, 0.4) is 0 Å². The number of carbonyl (C=O) groups is 1. The Hall–Kier alpha value is -3.07. The summed E-state index contributed by atoms with van der Waals surface area (Å²) in [6, 6.07) is 11.1. The van der Waals surface area contributed by atoms with Crippen LogP contribution in [0.5, 0.6) is 0 Å². The Morgan fingerprint density at radius 3 is 2.39 bits per heavy atom. The molecule has 10 heteroatoms. The Kier molecular flexibility index (Phi) is 4.91. The van der Waals surface area contributed by atoms with Crippen molar-refractivity contribution < 1.29 is 13.6 Å². The minimum atomic E-state index is -1.10. The van der Waals surface area contributed by atoms with Gasteiger partial charge in [0.25, 0.3) is 5.91 Å². The van der Waals surface area contributed by atoms with Gasteiger partial charge < -0.3 is 9.80 Å². The molecule has 0 radical (unpaired) electrons. The quantitative estimate of drug-likeness (QED) is 0.628. The second-order valence-corrected chi connectivity index (χ2v) is 6.66. The number of benzene rings is 2. The first-order valence-electron chi connectivity index (χ1n) is 8.57. The number of piperazine rings is 1. The summed E-state index contributed by atoms with van der Waals surface area (Å²) < 4.78 is 28.4. The molecule has 0 bridgehead atoms. The van der Waals surface area contributed by atoms with Gasteiger partial charge in [0.15, 0.2) is 11.6 Å². The van der Waals surface area contributed by atoms with Gasteiger partial charge in [0.2, 0.25) is 5.95 Å². The first-order valence-corrected chi connectivity index (χ1v) is 8.95. The smallest absolute Gasteiger partial charge is 0.255 e. The van der Waals surface area contributed by atoms with Gasteiger partial charge in [-0.1, -0.05) is 34.9 Å². The fourth-order valence-corrected chi connectivity index (χ4v) is 3.31. The van der Waals surface area contributed by atoms with Gasteiger partial charge in [-0.2, -0.15) is 4.68 Å². The lowest BCUT2D eigenvalue weighted by Crippen LogP contribution is -2.49. The monoisotopic (exact) mass is 404 g/mol. The molecule has 0 aliphatic carbocycles. The average Bonchev–Trinajstić information content (AvgIpc) is 3.21. The number of halogens is 3. The first kappa shape index (κ1) is 18.3. The van der Waals surface area contributed by atoms with Crippen molar-refractivity contribution in [1.82, 2.24) is 25.1 Å². The van der Waals surface area contributed by atoms with Crippen molar-refractivity contribution in [2.75, 3.05) is 31.1 Å². The summed E-state index contributed by atoms with van der Waals surface area (Å²) in [4.78, 5) is 16.2. The molecule has 0 unspecified atom stereocenters. The molecule has 7 nitrogen and oxygen atoms in total. The van der Waals surface area contributed by atoms with E-state index in [-0.39, 0.29) is 10.6 Å². The van der Waals surface area contributed by atoms with Gasteiger partial charge in [-0.05, 0) is 34.7 Å². The summed E-state index contributed by atoms with van der Waals surface area (Å²) in [6.07, 6.45) is 0. The van der Waals surface area contributed by atoms with Crippen molar-refractivity contribution in [3.8, 4) is 5.69 Å². The van der Waals surface area contributed by atoms with Gasteiger partial charge >= 0.3 is 0 Å². The predicted molar refractivity (Wildman–Crippen MR) is 98.6 cm³/mol. The van der Waals surface area contributed by atoms with Gasteiger partial charge in [-0.3, -0.25) is 4.79 Å². The summed E-state index contributed by atoms with van der Waals surface area (Å²) in [7, 11) is 0. The van der Waals surface area contributed by atoms with Gasteiger partial charge in [0, 0.05) is 26.2 Å². The molecule has 0 N–H and O–H groups in total. The lowest BCUT2D eigenvalue weighted by molar-refractivity contribution is 0.0745. The summed E-state index contributed by atoms with van der Waals surface area (Å²) in [5.74, 6) is -2.05. The van der Waals surface area contributed by atoms with Crippen LogP contribution in [0.25, 0.3) is 5.69 Å². The van der Waals surface area contributed by atoms with Crippen LogP contribution in [0.15, 0.2) is 42.5 Å². The summed E-state index contributed by atoms with van der Waals surface area (Å²) in [5.41, 5.74) is 0.776. The molecule has 1 aliphatic rings. The number of nitrogens with zero attached hydrogens (tertiary/aromatic N) is 6. The number of hydrogen-bond acceptors (Lipinski definition) is 5. The molecule has 2 heterocycles. The van der Waals surface area contributed by atoms with Crippen LogP contribution in [0, 0.1) is 11.6 Å². The van der Waals surface area contributed by atoms with Crippen molar-refractivity contribution in [2.45, 2.75) is 0 Å². The van der Waals surface area contributed by atoms with Crippen molar-refractivity contribution in [3.05, 3.63) is 64.7 Å². The fourth-order valence-electron chi connectivity index (χ4n) is 3.08. The van der Waals surface area contributed by atoms with Gasteiger partial charge in [-0.15, -0.1) is 0 Å². The van der Waals surface area contributed by atoms with E-state index in [0.29, 0.717) is 32.1 Å². The van der Waals surface area contributed by atoms with Gasteiger partial charge in [-0.25, -0.2) is 8.78 Å². The van der Waals surface area contributed by atoms with E-state index in [2.05, 4.69) is 15.5 Å². The van der Waals surface area contributed by atoms with E-state index in [1.165, 1.54) is 0 Å². The molecule has 1 saturated heterocycles. The molecule has 4 rings (SSSR count). The van der Waals surface area contributed by atoms with Gasteiger partial charge in [0.1, 0.15) is 0 Å². The third kappa shape index (κ3) is 3.40. The third-order valence-electron chi connectivity index (χ3n) is 4.54. The Morgan fingerprint density at radius 1 is 1.00 bits per heavy atom. The Bertz CT molecular complexity index is 1000. The summed E-state index contributed by atoms with van der Waals surface area (Å²) in [5, 5.41) is 11.8. The molecule has 0 atom stereocenters. The Morgan fingerprint density at radius 2 is 1.68 bits per heavy atom. The van der Waals surface area contributed by atoms with Gasteiger partial charge in [0.05, 0.1) is 16.3 Å². The molecule has 1 aromatic heterocycles. The van der Waals surface area contributed by atoms with Crippen molar-refractivity contribution in [1.29, 1.82) is 0 Å². The molecule has 1 amide bonds. The molecule has 28 heavy (non-hydrogen) atoms. The van der Waals surface area contributed by atoms with Crippen LogP contribution in [-0.4, -0.2) is 57.2 Å². The topological polar surface area (TPSA) is 67.2 Å². The molecular formula is C18H15ClF2N6O. The average molecular weight is 405 g/mol. The van der Waals surface area contributed by atoms with Crippen LogP contribution >= 0.6 is 11.6 Å². The molecule has 1 fully saturated rings. The zero-order chi connectivity index (χ0) is 19.7. The number of para-hydroxylation sites is 1. The third-order valence-corrected chi connectivity index (χ3v) is 4.86. The molecule has 0 saturated carbocycles. The van der Waals surface area contributed by atoms with E-state index in [0.717, 1.165) is 17.8 Å². The zero-order valence-corrected chi connectivity index (χ0v) is 15.4. The molecular weight excluding hydrogens is 390 g/mol. The minimum Gasteiger partial charge on any atom is -0.336 e. The lowest BCUT2D eigenvalue weighted by Gasteiger charge is -2.35. The van der Waals surface area contributed by atoms with Crippen LogP contribution in [0.4, 0.5) is 14.7 Å². The second-order valence-electron chi connectivity index (χ2n) is 6.25. The zero-order valence-electron chi connectivity index (χ0n) is 14.6. The summed E-state index contributed by atoms with van der Waals surface area (Å²) in [6.45, 7) is 1.71. The Labute approximate surface area is 164 Å². The molecule has 3 aromatic rings. The number of carbonyl (C=O) groups excluding carboxylic acids is 1. The van der Waals surface area contributed by atoms with E-state index in [1.807, 2.05) is 35.2 Å². The van der Waals surface area contributed by atoms with E-state index in [9.17, 15) is 13.6 Å². The number of amides is 1. The van der Waals surface area contributed by atoms with E-state index < -0.39 is 17.5 Å². The molecule has 1 aliphatic heterocycles. The largest absolute Gasteiger partial charge is 0.336 e. The standard InChI is InChI=1S/C18H15ClF2N6O/c19-14-11-16(21)15(20)10-13(14)17(28)25-6-8-26(9-7-25)18-22-23-24-27(18)12-4-2-1-3-5-12/h1-5,10-11H,6-9H2. The maximum atomic E-state index is 13.5. The van der Waals surface area contributed by atoms with E-state index in [1.54, 1.807) is 9.58 Å². The maximum Gasteiger partial charge on any atom is 0.255 e.